The molecule has 0 spiro atoms. The number of hydrogen-bond donors (Lipinski definition) is 1. The molecule has 1 N–H and O–H groups in total. The van der Waals surface area contributed by atoms with Crippen molar-refractivity contribution in [3.8, 4) is 0 Å². The molecule has 2 rings (SSSR count). The van der Waals surface area contributed by atoms with Crippen molar-refractivity contribution in [2.45, 2.75) is 32.5 Å². The van der Waals surface area contributed by atoms with Crippen molar-refractivity contribution in [1.29, 1.82) is 0 Å². The van der Waals surface area contributed by atoms with Crippen molar-refractivity contribution in [3.63, 3.8) is 0 Å². The Morgan fingerprint density at radius 2 is 1.79 bits per heavy atom. The molecular weight excluding hydrogens is 393 g/mol. The van der Waals surface area contributed by atoms with E-state index in [0.717, 1.165) is 17.7 Å². The normalized spacial score (nSPS) is 11.2. The smallest absolute Gasteiger partial charge is 0.411 e. The number of benzene rings is 2. The lowest BCUT2D eigenvalue weighted by molar-refractivity contribution is -0.127. The van der Waals surface area contributed by atoms with E-state index >= 15 is 0 Å². The standard InChI is InChI=1S/C20H22ClF3N2O2/c1-3-10-28-19(27)25-18-9-8-16(11-17(18)21)26(2)13-15-6-4-14(5-7-15)12-20(22,23)24/h4-9,11H,3,10,12-13H2,1-2H3,(H,25,27). The van der Waals surface area contributed by atoms with Gasteiger partial charge in [-0.15, -0.1) is 0 Å². The molecule has 28 heavy (non-hydrogen) atoms. The first kappa shape index (κ1) is 21.9. The molecule has 0 aliphatic rings. The number of nitrogens with zero attached hydrogens (tertiary/aromatic N) is 1. The van der Waals surface area contributed by atoms with Crippen LogP contribution in [0.2, 0.25) is 5.02 Å². The summed E-state index contributed by atoms with van der Waals surface area (Å²) in [7, 11) is 1.85. The van der Waals surface area contributed by atoms with Gasteiger partial charge >= 0.3 is 12.3 Å². The number of halogens is 4. The molecule has 0 aliphatic heterocycles. The van der Waals surface area contributed by atoms with Crippen LogP contribution in [-0.2, 0) is 17.7 Å². The van der Waals surface area contributed by atoms with Crippen LogP contribution in [0.5, 0.6) is 0 Å². The summed E-state index contributed by atoms with van der Waals surface area (Å²) in [5.41, 5.74) is 2.34. The number of anilines is 2. The summed E-state index contributed by atoms with van der Waals surface area (Å²) >= 11 is 6.23. The van der Waals surface area contributed by atoms with Gasteiger partial charge in [0.1, 0.15) is 0 Å². The van der Waals surface area contributed by atoms with Crippen molar-refractivity contribution in [2.75, 3.05) is 23.9 Å². The van der Waals surface area contributed by atoms with Gasteiger partial charge in [0.15, 0.2) is 0 Å². The van der Waals surface area contributed by atoms with Crippen molar-refractivity contribution in [3.05, 3.63) is 58.6 Å². The highest BCUT2D eigenvalue weighted by Gasteiger charge is 2.27. The van der Waals surface area contributed by atoms with E-state index in [0.29, 0.717) is 23.9 Å². The van der Waals surface area contributed by atoms with Crippen LogP contribution < -0.4 is 10.2 Å². The molecule has 152 valence electrons. The number of carbonyl (C=O) groups is 1. The van der Waals surface area contributed by atoms with Gasteiger partial charge in [0.2, 0.25) is 0 Å². The van der Waals surface area contributed by atoms with E-state index in [-0.39, 0.29) is 5.56 Å². The zero-order valence-electron chi connectivity index (χ0n) is 15.6. The molecule has 0 atom stereocenters. The van der Waals surface area contributed by atoms with Gasteiger partial charge in [-0.1, -0.05) is 42.8 Å². The maximum atomic E-state index is 12.4. The molecule has 2 aromatic carbocycles. The van der Waals surface area contributed by atoms with Crippen LogP contribution >= 0.6 is 11.6 Å². The summed E-state index contributed by atoms with van der Waals surface area (Å²) < 4.78 is 42.2. The van der Waals surface area contributed by atoms with Gasteiger partial charge in [0.05, 0.1) is 23.7 Å². The monoisotopic (exact) mass is 414 g/mol. The van der Waals surface area contributed by atoms with E-state index in [9.17, 15) is 18.0 Å². The molecular formula is C20H22ClF3N2O2. The van der Waals surface area contributed by atoms with E-state index in [4.69, 9.17) is 16.3 Å². The van der Waals surface area contributed by atoms with Gasteiger partial charge < -0.3 is 9.64 Å². The zero-order chi connectivity index (χ0) is 20.7. The maximum absolute atomic E-state index is 12.4. The summed E-state index contributed by atoms with van der Waals surface area (Å²) in [6.07, 6.45) is -4.99. The average Bonchev–Trinajstić information content (AvgIpc) is 2.62. The highest BCUT2D eigenvalue weighted by molar-refractivity contribution is 6.34. The lowest BCUT2D eigenvalue weighted by Gasteiger charge is -2.21. The van der Waals surface area contributed by atoms with E-state index < -0.39 is 18.7 Å². The lowest BCUT2D eigenvalue weighted by atomic mass is 10.1. The molecule has 8 heteroatoms. The fraction of sp³-hybridized carbons (Fsp3) is 0.350. The van der Waals surface area contributed by atoms with Crippen molar-refractivity contribution >= 4 is 29.1 Å². The molecule has 0 bridgehead atoms. The molecule has 1 amide bonds. The Morgan fingerprint density at radius 1 is 1.14 bits per heavy atom. The largest absolute Gasteiger partial charge is 0.449 e. The van der Waals surface area contributed by atoms with Crippen molar-refractivity contribution in [1.82, 2.24) is 0 Å². The second-order valence-electron chi connectivity index (χ2n) is 6.39. The van der Waals surface area contributed by atoms with Crippen LogP contribution in [0.4, 0.5) is 29.3 Å². The maximum Gasteiger partial charge on any atom is 0.411 e. The second kappa shape index (κ2) is 9.68. The third-order valence-corrected chi connectivity index (χ3v) is 4.23. The Bertz CT molecular complexity index is 795. The Balaban J connectivity index is 1.99. The predicted molar refractivity (Wildman–Crippen MR) is 105 cm³/mol. The minimum Gasteiger partial charge on any atom is -0.449 e. The van der Waals surface area contributed by atoms with Crippen LogP contribution in [0, 0.1) is 0 Å². The molecule has 0 saturated carbocycles. The SMILES string of the molecule is CCCOC(=O)Nc1ccc(N(C)Cc2ccc(CC(F)(F)F)cc2)cc1Cl. The highest BCUT2D eigenvalue weighted by atomic mass is 35.5. The lowest BCUT2D eigenvalue weighted by Crippen LogP contribution is -2.17. The molecule has 0 saturated heterocycles. The van der Waals surface area contributed by atoms with E-state index in [1.54, 1.807) is 30.3 Å². The first-order valence-corrected chi connectivity index (χ1v) is 9.15. The highest BCUT2D eigenvalue weighted by Crippen LogP contribution is 2.28. The number of carbonyl (C=O) groups excluding carboxylic acids is 1. The van der Waals surface area contributed by atoms with Gasteiger partial charge in [-0.25, -0.2) is 4.79 Å². The summed E-state index contributed by atoms with van der Waals surface area (Å²) in [5, 5.41) is 2.94. The molecule has 0 aliphatic carbocycles. The van der Waals surface area contributed by atoms with Crippen LogP contribution in [0.15, 0.2) is 42.5 Å². The predicted octanol–water partition coefficient (Wildman–Crippen LogP) is 6.04. The van der Waals surface area contributed by atoms with Crippen LogP contribution in [0.3, 0.4) is 0 Å². The number of ether oxygens (including phenoxy) is 1. The van der Waals surface area contributed by atoms with Gasteiger partial charge in [0.25, 0.3) is 0 Å². The topological polar surface area (TPSA) is 41.6 Å². The number of hydrogen-bond acceptors (Lipinski definition) is 3. The summed E-state index contributed by atoms with van der Waals surface area (Å²) in [4.78, 5) is 13.5. The minimum atomic E-state index is -4.21. The van der Waals surface area contributed by atoms with Gasteiger partial charge in [-0.3, -0.25) is 5.32 Å². The summed E-state index contributed by atoms with van der Waals surface area (Å²) in [6.45, 7) is 2.72. The quantitative estimate of drug-likeness (QED) is 0.600. The number of amides is 1. The number of rotatable bonds is 7. The van der Waals surface area contributed by atoms with E-state index in [1.807, 2.05) is 18.9 Å². The Morgan fingerprint density at radius 3 is 2.36 bits per heavy atom. The summed E-state index contributed by atoms with van der Waals surface area (Å²) in [6, 6.07) is 11.5. The fourth-order valence-corrected chi connectivity index (χ4v) is 2.76. The van der Waals surface area contributed by atoms with E-state index in [2.05, 4.69) is 5.32 Å². The van der Waals surface area contributed by atoms with Crippen LogP contribution in [-0.4, -0.2) is 25.9 Å². The van der Waals surface area contributed by atoms with Gasteiger partial charge in [0, 0.05) is 19.3 Å². The number of nitrogens with one attached hydrogen (secondary N) is 1. The van der Waals surface area contributed by atoms with E-state index in [1.165, 1.54) is 12.1 Å². The number of alkyl halides is 3. The third-order valence-electron chi connectivity index (χ3n) is 3.91. The molecule has 0 unspecified atom stereocenters. The van der Waals surface area contributed by atoms with Crippen molar-refractivity contribution in [2.24, 2.45) is 0 Å². The minimum absolute atomic E-state index is 0.229. The Labute approximate surface area is 167 Å². The molecule has 4 nitrogen and oxygen atoms in total. The second-order valence-corrected chi connectivity index (χ2v) is 6.80. The van der Waals surface area contributed by atoms with Crippen molar-refractivity contribution < 1.29 is 22.7 Å². The van der Waals surface area contributed by atoms with Gasteiger partial charge in [-0.2, -0.15) is 13.2 Å². The fourth-order valence-electron chi connectivity index (χ4n) is 2.54. The molecule has 2 aromatic rings. The van der Waals surface area contributed by atoms with Gasteiger partial charge in [-0.05, 0) is 35.7 Å². The zero-order valence-corrected chi connectivity index (χ0v) is 16.4. The third kappa shape index (κ3) is 6.96. The van der Waals surface area contributed by atoms with Crippen LogP contribution in [0.1, 0.15) is 24.5 Å². The Hall–Kier alpha value is -2.41. The first-order valence-electron chi connectivity index (χ1n) is 8.77. The van der Waals surface area contributed by atoms with Crippen LogP contribution in [0.25, 0.3) is 0 Å². The summed E-state index contributed by atoms with van der Waals surface area (Å²) in [5.74, 6) is 0. The molecule has 0 fully saturated rings. The Kier molecular flexibility index (Phi) is 7.57. The molecule has 0 heterocycles. The molecule has 0 aromatic heterocycles. The average molecular weight is 415 g/mol. The first-order chi connectivity index (χ1) is 13.2. The molecule has 0 radical (unpaired) electrons.